The van der Waals surface area contributed by atoms with Gasteiger partial charge in [-0.3, -0.25) is 9.59 Å². The highest BCUT2D eigenvalue weighted by Crippen LogP contribution is 2.23. The molecule has 0 radical (unpaired) electrons. The van der Waals surface area contributed by atoms with Crippen molar-refractivity contribution >= 4 is 17.5 Å². The molecule has 0 heterocycles. The van der Waals surface area contributed by atoms with Crippen LogP contribution < -0.4 is 10.6 Å². The molecule has 0 atom stereocenters. The second-order valence-electron chi connectivity index (χ2n) is 6.83. The van der Waals surface area contributed by atoms with Crippen LogP contribution in [0.25, 0.3) is 0 Å². The Morgan fingerprint density at radius 2 is 1.64 bits per heavy atom. The molecule has 2 rings (SSSR count). The molecule has 4 heteroatoms. The minimum Gasteiger partial charge on any atom is -0.349 e. The van der Waals surface area contributed by atoms with Crippen molar-refractivity contribution < 1.29 is 9.59 Å². The van der Waals surface area contributed by atoms with Crippen molar-refractivity contribution in [2.45, 2.75) is 26.2 Å². The van der Waals surface area contributed by atoms with E-state index in [-0.39, 0.29) is 17.2 Å². The monoisotopic (exact) mass is 336 g/mol. The molecule has 0 aliphatic rings. The summed E-state index contributed by atoms with van der Waals surface area (Å²) in [5.41, 5.74) is 2.64. The average molecular weight is 336 g/mol. The van der Waals surface area contributed by atoms with Gasteiger partial charge in [0.25, 0.3) is 11.8 Å². The van der Waals surface area contributed by atoms with Crippen LogP contribution in [0.15, 0.2) is 61.2 Å². The second-order valence-corrected chi connectivity index (χ2v) is 6.83. The predicted molar refractivity (Wildman–Crippen MR) is 102 cm³/mol. The average Bonchev–Trinajstić information content (AvgIpc) is 2.59. The summed E-state index contributed by atoms with van der Waals surface area (Å²) in [5, 5.41) is 5.53. The van der Waals surface area contributed by atoms with Crippen molar-refractivity contribution in [3.05, 3.63) is 77.9 Å². The van der Waals surface area contributed by atoms with Crippen LogP contribution in [0.4, 0.5) is 5.69 Å². The third-order valence-corrected chi connectivity index (χ3v) is 3.84. The van der Waals surface area contributed by atoms with Crippen LogP contribution in [-0.2, 0) is 5.41 Å². The molecular formula is C21H24N2O2. The van der Waals surface area contributed by atoms with Crippen molar-refractivity contribution in [1.29, 1.82) is 0 Å². The normalized spacial score (nSPS) is 10.8. The van der Waals surface area contributed by atoms with Crippen molar-refractivity contribution in [2.75, 3.05) is 11.9 Å². The molecule has 0 saturated carbocycles. The molecule has 0 saturated heterocycles. The number of hydrogen-bond acceptors (Lipinski definition) is 2. The highest BCUT2D eigenvalue weighted by atomic mass is 16.2. The molecule has 2 amide bonds. The number of nitrogens with one attached hydrogen (secondary N) is 2. The SMILES string of the molecule is C=CCNC(=O)c1ccccc1NC(=O)c1ccc(C(C)(C)C)cc1. The first-order chi connectivity index (χ1) is 11.8. The summed E-state index contributed by atoms with van der Waals surface area (Å²) in [6.07, 6.45) is 1.61. The van der Waals surface area contributed by atoms with E-state index >= 15 is 0 Å². The van der Waals surface area contributed by atoms with E-state index in [0.717, 1.165) is 5.56 Å². The van der Waals surface area contributed by atoms with E-state index in [1.54, 1.807) is 42.5 Å². The maximum atomic E-state index is 12.5. The number of hydrogen-bond donors (Lipinski definition) is 2. The third-order valence-electron chi connectivity index (χ3n) is 3.84. The van der Waals surface area contributed by atoms with Crippen molar-refractivity contribution in [1.82, 2.24) is 5.32 Å². The highest BCUT2D eigenvalue weighted by Gasteiger charge is 2.16. The molecule has 2 N–H and O–H groups in total. The molecule has 4 nitrogen and oxygen atoms in total. The molecule has 0 unspecified atom stereocenters. The minimum absolute atomic E-state index is 0.0326. The smallest absolute Gasteiger partial charge is 0.255 e. The number of rotatable bonds is 5. The summed E-state index contributed by atoms with van der Waals surface area (Å²) in [5.74, 6) is -0.497. The van der Waals surface area contributed by atoms with Crippen LogP contribution in [0.1, 0.15) is 47.1 Å². The molecule has 0 bridgehead atoms. The lowest BCUT2D eigenvalue weighted by molar-refractivity contribution is 0.0959. The van der Waals surface area contributed by atoms with E-state index in [1.165, 1.54) is 0 Å². The van der Waals surface area contributed by atoms with Crippen LogP contribution in [0, 0.1) is 0 Å². The quantitative estimate of drug-likeness (QED) is 0.806. The largest absolute Gasteiger partial charge is 0.349 e. The van der Waals surface area contributed by atoms with Gasteiger partial charge < -0.3 is 10.6 Å². The lowest BCUT2D eigenvalue weighted by Crippen LogP contribution is -2.25. The van der Waals surface area contributed by atoms with Crippen molar-refractivity contribution in [2.24, 2.45) is 0 Å². The van der Waals surface area contributed by atoms with Gasteiger partial charge in [0.1, 0.15) is 0 Å². The van der Waals surface area contributed by atoms with Crippen LogP contribution in [0.3, 0.4) is 0 Å². The van der Waals surface area contributed by atoms with Gasteiger partial charge in [-0.05, 0) is 35.2 Å². The Morgan fingerprint density at radius 3 is 2.24 bits per heavy atom. The maximum absolute atomic E-state index is 12.5. The Labute approximate surface area is 149 Å². The van der Waals surface area contributed by atoms with Gasteiger partial charge in [0.2, 0.25) is 0 Å². The Kier molecular flexibility index (Phi) is 5.75. The van der Waals surface area contributed by atoms with E-state index in [2.05, 4.69) is 38.0 Å². The molecule has 0 aliphatic heterocycles. The Balaban J connectivity index is 2.18. The summed E-state index contributed by atoms with van der Waals surface area (Å²) >= 11 is 0. The van der Waals surface area contributed by atoms with Gasteiger partial charge in [-0.2, -0.15) is 0 Å². The van der Waals surface area contributed by atoms with Crippen LogP contribution >= 0.6 is 0 Å². The first kappa shape index (κ1) is 18.5. The molecule has 2 aromatic carbocycles. The van der Waals surface area contributed by atoms with Gasteiger partial charge in [0.15, 0.2) is 0 Å². The fourth-order valence-corrected chi connectivity index (χ4v) is 2.37. The number of carbonyl (C=O) groups is 2. The number of amides is 2. The van der Waals surface area contributed by atoms with Gasteiger partial charge in [0.05, 0.1) is 11.3 Å². The van der Waals surface area contributed by atoms with Gasteiger partial charge >= 0.3 is 0 Å². The van der Waals surface area contributed by atoms with E-state index in [9.17, 15) is 9.59 Å². The molecule has 130 valence electrons. The third kappa shape index (κ3) is 4.80. The summed E-state index contributed by atoms with van der Waals surface area (Å²) in [6, 6.07) is 14.4. The lowest BCUT2D eigenvalue weighted by atomic mass is 9.86. The highest BCUT2D eigenvalue weighted by molar-refractivity contribution is 6.09. The lowest BCUT2D eigenvalue weighted by Gasteiger charge is -2.19. The van der Waals surface area contributed by atoms with Crippen LogP contribution in [0.2, 0.25) is 0 Å². The molecule has 0 spiro atoms. The minimum atomic E-state index is -0.251. The Bertz CT molecular complexity index is 771. The van der Waals surface area contributed by atoms with E-state index in [1.807, 2.05) is 12.1 Å². The second kappa shape index (κ2) is 7.79. The molecule has 2 aromatic rings. The fraction of sp³-hybridized carbons (Fsp3) is 0.238. The Morgan fingerprint density at radius 1 is 1.00 bits per heavy atom. The Hall–Kier alpha value is -2.88. The summed E-state index contributed by atoms with van der Waals surface area (Å²) in [4.78, 5) is 24.7. The number of carbonyl (C=O) groups excluding carboxylic acids is 2. The maximum Gasteiger partial charge on any atom is 0.255 e. The predicted octanol–water partition coefficient (Wildman–Crippen LogP) is 4.15. The van der Waals surface area contributed by atoms with Gasteiger partial charge in [-0.15, -0.1) is 6.58 Å². The molecule has 0 fully saturated rings. The van der Waals surface area contributed by atoms with Gasteiger partial charge in [0, 0.05) is 12.1 Å². The summed E-state index contributed by atoms with van der Waals surface area (Å²) in [7, 11) is 0. The van der Waals surface area contributed by atoms with Crippen LogP contribution in [0.5, 0.6) is 0 Å². The number of benzene rings is 2. The van der Waals surface area contributed by atoms with E-state index in [0.29, 0.717) is 23.4 Å². The fourth-order valence-electron chi connectivity index (χ4n) is 2.37. The summed E-state index contributed by atoms with van der Waals surface area (Å²) < 4.78 is 0. The van der Waals surface area contributed by atoms with Crippen molar-refractivity contribution in [3.8, 4) is 0 Å². The zero-order chi connectivity index (χ0) is 18.4. The molecule has 0 aliphatic carbocycles. The number of anilines is 1. The first-order valence-electron chi connectivity index (χ1n) is 8.23. The zero-order valence-electron chi connectivity index (χ0n) is 14.9. The molecule has 25 heavy (non-hydrogen) atoms. The summed E-state index contributed by atoms with van der Waals surface area (Å²) in [6.45, 7) is 10.3. The molecular weight excluding hydrogens is 312 g/mol. The van der Waals surface area contributed by atoms with Gasteiger partial charge in [-0.1, -0.05) is 51.1 Å². The van der Waals surface area contributed by atoms with E-state index in [4.69, 9.17) is 0 Å². The van der Waals surface area contributed by atoms with Gasteiger partial charge in [-0.25, -0.2) is 0 Å². The topological polar surface area (TPSA) is 58.2 Å². The van der Waals surface area contributed by atoms with Crippen LogP contribution in [-0.4, -0.2) is 18.4 Å². The van der Waals surface area contributed by atoms with E-state index < -0.39 is 0 Å². The first-order valence-corrected chi connectivity index (χ1v) is 8.23. The van der Waals surface area contributed by atoms with Crippen molar-refractivity contribution in [3.63, 3.8) is 0 Å². The molecule has 0 aromatic heterocycles. The standard InChI is InChI=1S/C21H24N2O2/c1-5-14-22-20(25)17-8-6-7-9-18(17)23-19(24)15-10-12-16(13-11-15)21(2,3)4/h5-13H,1,14H2,2-4H3,(H,22,25)(H,23,24). The zero-order valence-corrected chi connectivity index (χ0v) is 14.9. The number of para-hydroxylation sites is 1.